The van der Waals surface area contributed by atoms with E-state index in [1.165, 1.54) is 6.07 Å². The smallest absolute Gasteiger partial charge is 0.320 e. The molecule has 0 radical (unpaired) electrons. The summed E-state index contributed by atoms with van der Waals surface area (Å²) >= 11 is 7.09. The van der Waals surface area contributed by atoms with Crippen molar-refractivity contribution in [3.63, 3.8) is 0 Å². The summed E-state index contributed by atoms with van der Waals surface area (Å²) in [4.78, 5) is 27.0. The molecule has 2 heterocycles. The standard InChI is InChI=1S/C21H18ClF2N5O2S/c1-11-4-5-12(22)9-16(11)26-21(31)29-8-2-3-17(29)19-27-28-20(32-19)18(30)25-13-6-7-14(23)15(24)10-13/h4-7,9-10,17H,2-3,8H2,1H3,(H,25,30)(H,26,31)/t17-/m1/s1. The van der Waals surface area contributed by atoms with Gasteiger partial charge in [0.1, 0.15) is 5.01 Å². The first kappa shape index (κ1) is 22.1. The zero-order valence-electron chi connectivity index (χ0n) is 16.9. The van der Waals surface area contributed by atoms with Gasteiger partial charge in [-0.1, -0.05) is 29.0 Å². The highest BCUT2D eigenvalue weighted by Gasteiger charge is 2.33. The SMILES string of the molecule is Cc1ccc(Cl)cc1NC(=O)N1CCC[C@@H]1c1nnc(C(=O)Nc2ccc(F)c(F)c2)s1. The molecule has 0 aliphatic carbocycles. The Morgan fingerprint density at radius 1 is 1.12 bits per heavy atom. The van der Waals surface area contributed by atoms with Crippen molar-refractivity contribution in [2.45, 2.75) is 25.8 Å². The average Bonchev–Trinajstić information content (AvgIpc) is 3.43. The molecular weight excluding hydrogens is 460 g/mol. The molecule has 0 unspecified atom stereocenters. The van der Waals surface area contributed by atoms with Gasteiger partial charge in [0.05, 0.1) is 6.04 Å². The fourth-order valence-electron chi connectivity index (χ4n) is 3.40. The normalized spacial score (nSPS) is 15.6. The van der Waals surface area contributed by atoms with Crippen LogP contribution in [0.15, 0.2) is 36.4 Å². The Morgan fingerprint density at radius 3 is 2.72 bits per heavy atom. The molecule has 4 rings (SSSR count). The van der Waals surface area contributed by atoms with Gasteiger partial charge in [0.2, 0.25) is 5.01 Å². The number of hydrogen-bond acceptors (Lipinski definition) is 5. The maximum atomic E-state index is 13.4. The number of aromatic nitrogens is 2. The van der Waals surface area contributed by atoms with Gasteiger partial charge in [0.25, 0.3) is 5.91 Å². The van der Waals surface area contributed by atoms with Crippen LogP contribution in [-0.2, 0) is 0 Å². The maximum Gasteiger partial charge on any atom is 0.322 e. The summed E-state index contributed by atoms with van der Waals surface area (Å²) in [5, 5.41) is 14.5. The van der Waals surface area contributed by atoms with E-state index in [2.05, 4.69) is 20.8 Å². The van der Waals surface area contributed by atoms with Gasteiger partial charge < -0.3 is 15.5 Å². The first-order chi connectivity index (χ1) is 15.3. The van der Waals surface area contributed by atoms with Crippen LogP contribution in [0.4, 0.5) is 25.0 Å². The number of nitrogens with zero attached hydrogens (tertiary/aromatic N) is 3. The quantitative estimate of drug-likeness (QED) is 0.526. The summed E-state index contributed by atoms with van der Waals surface area (Å²) in [5.41, 5.74) is 1.60. The van der Waals surface area contributed by atoms with E-state index in [1.807, 2.05) is 13.0 Å². The molecule has 3 amide bonds. The van der Waals surface area contributed by atoms with Crippen molar-refractivity contribution in [2.75, 3.05) is 17.2 Å². The highest BCUT2D eigenvalue weighted by molar-refractivity contribution is 7.13. The summed E-state index contributed by atoms with van der Waals surface area (Å²) in [6.07, 6.45) is 1.46. The van der Waals surface area contributed by atoms with E-state index in [0.29, 0.717) is 28.7 Å². The zero-order valence-corrected chi connectivity index (χ0v) is 18.4. The molecule has 166 valence electrons. The number of amides is 3. The molecule has 7 nitrogen and oxygen atoms in total. The topological polar surface area (TPSA) is 87.2 Å². The van der Waals surface area contributed by atoms with Crippen LogP contribution in [0.2, 0.25) is 5.02 Å². The molecule has 1 atom stereocenters. The molecule has 3 aromatic rings. The number of likely N-dealkylation sites (tertiary alicyclic amines) is 1. The molecule has 0 saturated carbocycles. The van der Waals surface area contributed by atoms with E-state index in [0.717, 1.165) is 35.5 Å². The van der Waals surface area contributed by atoms with Crippen molar-refractivity contribution < 1.29 is 18.4 Å². The summed E-state index contributed by atoms with van der Waals surface area (Å²) in [6, 6.07) is 7.70. The van der Waals surface area contributed by atoms with Crippen molar-refractivity contribution in [1.82, 2.24) is 15.1 Å². The van der Waals surface area contributed by atoms with Crippen molar-refractivity contribution in [1.29, 1.82) is 0 Å². The lowest BCUT2D eigenvalue weighted by Gasteiger charge is -2.23. The van der Waals surface area contributed by atoms with E-state index in [4.69, 9.17) is 11.6 Å². The van der Waals surface area contributed by atoms with E-state index in [-0.39, 0.29) is 22.8 Å². The van der Waals surface area contributed by atoms with Crippen LogP contribution in [0, 0.1) is 18.6 Å². The minimum atomic E-state index is -1.07. The Morgan fingerprint density at radius 2 is 1.94 bits per heavy atom. The molecule has 1 fully saturated rings. The third kappa shape index (κ3) is 4.71. The summed E-state index contributed by atoms with van der Waals surface area (Å²) in [6.45, 7) is 2.40. The second-order valence-electron chi connectivity index (χ2n) is 7.27. The molecule has 0 spiro atoms. The molecule has 2 aromatic carbocycles. The number of carbonyl (C=O) groups is 2. The molecule has 1 saturated heterocycles. The van der Waals surface area contributed by atoms with Crippen molar-refractivity contribution in [2.24, 2.45) is 0 Å². The third-order valence-corrected chi connectivity index (χ3v) is 6.31. The Hall–Kier alpha value is -3.11. The number of nitrogens with one attached hydrogen (secondary N) is 2. The van der Waals surface area contributed by atoms with Gasteiger partial charge in [-0.15, -0.1) is 10.2 Å². The third-order valence-electron chi connectivity index (χ3n) is 5.05. The Balaban J connectivity index is 1.46. The van der Waals surface area contributed by atoms with Gasteiger partial charge in [0.15, 0.2) is 11.6 Å². The predicted molar refractivity (Wildman–Crippen MR) is 118 cm³/mol. The number of aryl methyl sites for hydroxylation is 1. The molecule has 11 heteroatoms. The molecule has 32 heavy (non-hydrogen) atoms. The van der Waals surface area contributed by atoms with Gasteiger partial charge in [-0.05, 0) is 49.6 Å². The Bertz CT molecular complexity index is 1190. The Labute approximate surface area is 191 Å². The maximum absolute atomic E-state index is 13.4. The second kappa shape index (κ2) is 9.17. The fourth-order valence-corrected chi connectivity index (χ4v) is 4.46. The monoisotopic (exact) mass is 477 g/mol. The van der Waals surface area contributed by atoms with E-state index in [9.17, 15) is 18.4 Å². The van der Waals surface area contributed by atoms with Crippen LogP contribution < -0.4 is 10.6 Å². The number of hydrogen-bond donors (Lipinski definition) is 2. The molecular formula is C21H18ClF2N5O2S. The first-order valence-corrected chi connectivity index (χ1v) is 10.9. The van der Waals surface area contributed by atoms with Gasteiger partial charge in [0, 0.05) is 29.0 Å². The van der Waals surface area contributed by atoms with Gasteiger partial charge >= 0.3 is 6.03 Å². The zero-order chi connectivity index (χ0) is 22.8. The van der Waals surface area contributed by atoms with Crippen LogP contribution in [0.3, 0.4) is 0 Å². The number of benzene rings is 2. The van der Waals surface area contributed by atoms with Crippen LogP contribution in [0.5, 0.6) is 0 Å². The number of carbonyl (C=O) groups excluding carboxylic acids is 2. The molecule has 0 bridgehead atoms. The summed E-state index contributed by atoms with van der Waals surface area (Å²) < 4.78 is 26.4. The predicted octanol–water partition coefficient (Wildman–Crippen LogP) is 5.40. The van der Waals surface area contributed by atoms with E-state index in [1.54, 1.807) is 17.0 Å². The number of urea groups is 1. The fraction of sp³-hybridized carbons (Fsp3) is 0.238. The summed E-state index contributed by atoms with van der Waals surface area (Å²) in [5.74, 6) is -2.67. The average molecular weight is 478 g/mol. The van der Waals surface area contributed by atoms with Gasteiger partial charge in [-0.25, -0.2) is 13.6 Å². The lowest BCUT2D eigenvalue weighted by atomic mass is 10.2. The van der Waals surface area contributed by atoms with E-state index < -0.39 is 17.5 Å². The van der Waals surface area contributed by atoms with Crippen molar-refractivity contribution in [3.8, 4) is 0 Å². The minimum absolute atomic E-state index is 0.0580. The van der Waals surface area contributed by atoms with E-state index >= 15 is 0 Å². The molecule has 1 aliphatic heterocycles. The first-order valence-electron chi connectivity index (χ1n) is 9.75. The van der Waals surface area contributed by atoms with Crippen LogP contribution in [0.1, 0.15) is 39.3 Å². The van der Waals surface area contributed by atoms with Crippen LogP contribution in [-0.4, -0.2) is 33.6 Å². The van der Waals surface area contributed by atoms with Gasteiger partial charge in [-0.3, -0.25) is 4.79 Å². The minimum Gasteiger partial charge on any atom is -0.320 e. The second-order valence-corrected chi connectivity index (χ2v) is 8.71. The molecule has 2 N–H and O–H groups in total. The largest absolute Gasteiger partial charge is 0.322 e. The molecule has 1 aliphatic rings. The highest BCUT2D eigenvalue weighted by atomic mass is 35.5. The van der Waals surface area contributed by atoms with Crippen molar-refractivity contribution in [3.05, 3.63) is 68.6 Å². The highest BCUT2D eigenvalue weighted by Crippen LogP contribution is 2.34. The van der Waals surface area contributed by atoms with Gasteiger partial charge in [-0.2, -0.15) is 0 Å². The number of halogens is 3. The number of anilines is 2. The van der Waals surface area contributed by atoms with Crippen molar-refractivity contribution >= 4 is 46.3 Å². The lowest BCUT2D eigenvalue weighted by molar-refractivity contribution is 0.102. The lowest BCUT2D eigenvalue weighted by Crippen LogP contribution is -2.34. The summed E-state index contributed by atoms with van der Waals surface area (Å²) in [7, 11) is 0. The molecule has 1 aromatic heterocycles. The van der Waals surface area contributed by atoms with Crippen LogP contribution in [0.25, 0.3) is 0 Å². The Kier molecular flexibility index (Phi) is 6.33. The van der Waals surface area contributed by atoms with Crippen LogP contribution >= 0.6 is 22.9 Å². The number of rotatable bonds is 4.